The molecule has 2 heterocycles. The van der Waals surface area contributed by atoms with Crippen LogP contribution in [0.1, 0.15) is 5.56 Å². The minimum Gasteiger partial charge on any atom is -0.267 e. The third-order valence-corrected chi connectivity index (χ3v) is 3.98. The average Bonchev–Trinajstić information content (AvgIpc) is 2.80. The van der Waals surface area contributed by atoms with Crippen LogP contribution in [0, 0.1) is 6.92 Å². The highest BCUT2D eigenvalue weighted by molar-refractivity contribution is 7.13. The summed E-state index contributed by atoms with van der Waals surface area (Å²) in [6.07, 6.45) is 0. The van der Waals surface area contributed by atoms with Crippen molar-refractivity contribution in [3.05, 3.63) is 51.6 Å². The van der Waals surface area contributed by atoms with Gasteiger partial charge < -0.3 is 0 Å². The van der Waals surface area contributed by atoms with Crippen molar-refractivity contribution in [2.45, 2.75) is 6.92 Å². The molecule has 1 aromatic carbocycles. The van der Waals surface area contributed by atoms with Gasteiger partial charge >= 0.3 is 0 Å². The molecule has 0 atom stereocenters. The van der Waals surface area contributed by atoms with Gasteiger partial charge in [0.25, 0.3) is 5.56 Å². The molecule has 0 amide bonds. The highest BCUT2D eigenvalue weighted by Gasteiger charge is 2.11. The van der Waals surface area contributed by atoms with Crippen LogP contribution in [0.25, 0.3) is 21.3 Å². The molecule has 0 saturated carbocycles. The van der Waals surface area contributed by atoms with E-state index in [0.29, 0.717) is 0 Å². The molecule has 2 aromatic heterocycles. The molecule has 0 aliphatic carbocycles. The van der Waals surface area contributed by atoms with E-state index in [9.17, 15) is 4.79 Å². The zero-order valence-corrected chi connectivity index (χ0v) is 11.0. The lowest BCUT2D eigenvalue weighted by Crippen LogP contribution is -2.20. The third-order valence-electron chi connectivity index (χ3n) is 2.92. The maximum absolute atomic E-state index is 12.0. The molecule has 0 aliphatic heterocycles. The van der Waals surface area contributed by atoms with Crippen molar-refractivity contribution in [1.82, 2.24) is 9.78 Å². The molecular formula is C14H12N2OS. The number of hydrogen-bond acceptors (Lipinski definition) is 3. The summed E-state index contributed by atoms with van der Waals surface area (Å²) in [5, 5.41) is 8.13. The third kappa shape index (κ3) is 1.66. The van der Waals surface area contributed by atoms with Gasteiger partial charge in [-0.15, -0.1) is 11.3 Å². The highest BCUT2D eigenvalue weighted by Crippen LogP contribution is 2.29. The molecule has 3 rings (SSSR count). The molecule has 0 unspecified atom stereocenters. The molecule has 0 spiro atoms. The first-order chi connectivity index (χ1) is 8.66. The number of fused-ring (bicyclic) bond motifs is 1. The quantitative estimate of drug-likeness (QED) is 0.671. The molecule has 0 bridgehead atoms. The molecule has 0 fully saturated rings. The van der Waals surface area contributed by atoms with E-state index in [2.05, 4.69) is 23.5 Å². The Bertz CT molecular complexity index is 786. The SMILES string of the molecule is Cc1csc(-c2nn(C)c(=O)c3ccccc23)c1. The molecule has 4 heteroatoms. The van der Waals surface area contributed by atoms with Gasteiger partial charge in [-0.25, -0.2) is 4.68 Å². The van der Waals surface area contributed by atoms with Gasteiger partial charge in [0.2, 0.25) is 0 Å². The number of benzene rings is 1. The topological polar surface area (TPSA) is 34.9 Å². The van der Waals surface area contributed by atoms with Gasteiger partial charge in [0, 0.05) is 12.4 Å². The van der Waals surface area contributed by atoms with Crippen molar-refractivity contribution in [1.29, 1.82) is 0 Å². The first kappa shape index (κ1) is 11.2. The minimum absolute atomic E-state index is 0.0531. The lowest BCUT2D eigenvalue weighted by Gasteiger charge is -2.06. The second-order valence-electron chi connectivity index (χ2n) is 4.31. The van der Waals surface area contributed by atoms with E-state index in [-0.39, 0.29) is 5.56 Å². The molecule has 90 valence electrons. The Balaban J connectivity index is 2.43. The summed E-state index contributed by atoms with van der Waals surface area (Å²) in [5.41, 5.74) is 2.04. The van der Waals surface area contributed by atoms with Gasteiger partial charge in [-0.05, 0) is 30.0 Å². The molecular weight excluding hydrogens is 244 g/mol. The Morgan fingerprint density at radius 2 is 1.94 bits per heavy atom. The van der Waals surface area contributed by atoms with Gasteiger partial charge in [-0.3, -0.25) is 4.79 Å². The van der Waals surface area contributed by atoms with Crippen LogP contribution in [-0.2, 0) is 7.05 Å². The number of hydrogen-bond donors (Lipinski definition) is 0. The highest BCUT2D eigenvalue weighted by atomic mass is 32.1. The maximum Gasteiger partial charge on any atom is 0.274 e. The van der Waals surface area contributed by atoms with Crippen LogP contribution in [-0.4, -0.2) is 9.78 Å². The lowest BCUT2D eigenvalue weighted by atomic mass is 10.1. The summed E-state index contributed by atoms with van der Waals surface area (Å²) in [6, 6.07) is 9.72. The zero-order valence-electron chi connectivity index (χ0n) is 10.2. The van der Waals surface area contributed by atoms with Crippen LogP contribution in [0.5, 0.6) is 0 Å². The second-order valence-corrected chi connectivity index (χ2v) is 5.22. The summed E-state index contributed by atoms with van der Waals surface area (Å²) in [6.45, 7) is 2.06. The van der Waals surface area contributed by atoms with Gasteiger partial charge in [0.1, 0.15) is 5.69 Å². The first-order valence-electron chi connectivity index (χ1n) is 5.68. The number of aromatic nitrogens is 2. The van der Waals surface area contributed by atoms with E-state index in [1.165, 1.54) is 10.2 Å². The standard InChI is InChI=1S/C14H12N2OS/c1-9-7-12(18-8-9)13-10-5-3-4-6-11(10)14(17)16(2)15-13/h3-8H,1-2H3. The summed E-state index contributed by atoms with van der Waals surface area (Å²) < 4.78 is 1.41. The van der Waals surface area contributed by atoms with Gasteiger partial charge in [-0.2, -0.15) is 5.10 Å². The van der Waals surface area contributed by atoms with Crippen molar-refractivity contribution < 1.29 is 0 Å². The van der Waals surface area contributed by atoms with Crippen LogP contribution >= 0.6 is 11.3 Å². The van der Waals surface area contributed by atoms with Crippen LogP contribution in [0.4, 0.5) is 0 Å². The lowest BCUT2D eigenvalue weighted by molar-refractivity contribution is 0.723. The van der Waals surface area contributed by atoms with Crippen molar-refractivity contribution in [3.8, 4) is 10.6 Å². The van der Waals surface area contributed by atoms with E-state index >= 15 is 0 Å². The van der Waals surface area contributed by atoms with Crippen LogP contribution in [0.2, 0.25) is 0 Å². The van der Waals surface area contributed by atoms with E-state index in [4.69, 9.17) is 0 Å². The van der Waals surface area contributed by atoms with Crippen molar-refractivity contribution in [2.24, 2.45) is 7.05 Å². The fourth-order valence-electron chi connectivity index (χ4n) is 2.04. The van der Waals surface area contributed by atoms with Crippen LogP contribution < -0.4 is 5.56 Å². The summed E-state index contributed by atoms with van der Waals surface area (Å²) in [5.74, 6) is 0. The Hall–Kier alpha value is -1.94. The molecule has 0 N–H and O–H groups in total. The monoisotopic (exact) mass is 256 g/mol. The average molecular weight is 256 g/mol. The maximum atomic E-state index is 12.0. The molecule has 3 nitrogen and oxygen atoms in total. The predicted octanol–water partition coefficient (Wildman–Crippen LogP) is 2.97. The number of thiophene rings is 1. The van der Waals surface area contributed by atoms with Gasteiger partial charge in [-0.1, -0.05) is 18.2 Å². The fraction of sp³-hybridized carbons (Fsp3) is 0.143. The number of rotatable bonds is 1. The van der Waals surface area contributed by atoms with E-state index < -0.39 is 0 Å². The van der Waals surface area contributed by atoms with Gasteiger partial charge in [0.15, 0.2) is 0 Å². The van der Waals surface area contributed by atoms with Gasteiger partial charge in [0.05, 0.1) is 10.3 Å². The van der Waals surface area contributed by atoms with E-state index in [1.54, 1.807) is 18.4 Å². The molecule has 0 saturated heterocycles. The summed E-state index contributed by atoms with van der Waals surface area (Å²) in [4.78, 5) is 13.1. The summed E-state index contributed by atoms with van der Waals surface area (Å²) in [7, 11) is 1.69. The second kappa shape index (κ2) is 4.07. The summed E-state index contributed by atoms with van der Waals surface area (Å²) >= 11 is 1.65. The van der Waals surface area contributed by atoms with Crippen molar-refractivity contribution in [2.75, 3.05) is 0 Å². The smallest absolute Gasteiger partial charge is 0.267 e. The predicted molar refractivity (Wildman–Crippen MR) is 75.0 cm³/mol. The molecule has 18 heavy (non-hydrogen) atoms. The number of aryl methyl sites for hydroxylation is 2. The molecule has 0 radical (unpaired) electrons. The Morgan fingerprint density at radius 3 is 2.61 bits per heavy atom. The largest absolute Gasteiger partial charge is 0.274 e. The van der Waals surface area contributed by atoms with E-state index in [1.807, 2.05) is 24.3 Å². The van der Waals surface area contributed by atoms with Crippen molar-refractivity contribution in [3.63, 3.8) is 0 Å². The van der Waals surface area contributed by atoms with Crippen LogP contribution in [0.3, 0.4) is 0 Å². The van der Waals surface area contributed by atoms with E-state index in [0.717, 1.165) is 21.3 Å². The Labute approximate surface area is 108 Å². The fourth-order valence-corrected chi connectivity index (χ4v) is 2.93. The minimum atomic E-state index is -0.0531. The zero-order chi connectivity index (χ0) is 12.7. The normalized spacial score (nSPS) is 11.0. The Kier molecular flexibility index (Phi) is 2.52. The first-order valence-corrected chi connectivity index (χ1v) is 6.56. The van der Waals surface area contributed by atoms with Crippen molar-refractivity contribution >= 4 is 22.1 Å². The number of nitrogens with zero attached hydrogens (tertiary/aromatic N) is 2. The van der Waals surface area contributed by atoms with Crippen LogP contribution in [0.15, 0.2) is 40.5 Å². The molecule has 3 aromatic rings. The molecule has 0 aliphatic rings. The Morgan fingerprint density at radius 1 is 1.22 bits per heavy atom.